The average molecular weight is 1240 g/mol. The smallest absolute Gasteiger partial charge is 0.308 e. The Balaban J connectivity index is 0.907. The third-order valence-electron chi connectivity index (χ3n) is 16.8. The van der Waals surface area contributed by atoms with E-state index in [0.717, 1.165) is 35.3 Å². The van der Waals surface area contributed by atoms with E-state index in [4.69, 9.17) is 51.6 Å². The van der Waals surface area contributed by atoms with Crippen LogP contribution in [0.5, 0.6) is 11.5 Å². The lowest BCUT2D eigenvalue weighted by molar-refractivity contribution is -0.156. The van der Waals surface area contributed by atoms with Crippen molar-refractivity contribution in [1.82, 2.24) is 14.7 Å². The van der Waals surface area contributed by atoms with Crippen LogP contribution in [0.4, 0.5) is 11.4 Å². The van der Waals surface area contributed by atoms with Crippen LogP contribution in [0.25, 0.3) is 11.1 Å². The number of carbonyl (C=O) groups excluding carboxylic acids is 3. The third-order valence-corrected chi connectivity index (χ3v) is 18.8. The molecule has 84 heavy (non-hydrogen) atoms. The molecule has 2 N–H and O–H groups in total. The van der Waals surface area contributed by atoms with Crippen LogP contribution in [0.2, 0.25) is 10.0 Å². The second kappa shape index (κ2) is 24.0. The molecule has 0 aliphatic carbocycles. The standard InChI is InChI=1S/C60H77Cl2N5O15S2/c1-57(2,3)82-49(69)15-25-78-27-29-80-31-30-79-28-26-77-24-14-48(68)64-21-18-63(19-22-64)20-23-67-56(70)50-46(61)12-13-47(62)51(50)60(67)44-32-42-38(36-83(71,72)73)34-58(4,5)65-16-8-10-40(52(42)65)54(44)81-55-41-11-9-17-66-53(41)43(33-45(55)60)39(35-59(66,6)7)37-84(74,75)76/h12-13,32-35H,8-11,14-31,36-37H2,1-7H3,(H,71,72,73)(H,74,75,76). The number of amides is 2. The van der Waals surface area contributed by atoms with Crippen LogP contribution in [-0.2, 0) is 71.9 Å². The van der Waals surface area contributed by atoms with E-state index in [0.29, 0.717) is 149 Å². The number of carbonyl (C=O) groups is 3. The summed E-state index contributed by atoms with van der Waals surface area (Å²) in [6.45, 7) is 19.7. The Kier molecular flexibility index (Phi) is 17.8. The highest BCUT2D eigenvalue weighted by Crippen LogP contribution is 2.65. The first kappa shape index (κ1) is 62.2. The van der Waals surface area contributed by atoms with Crippen LogP contribution in [0.1, 0.15) is 123 Å². The molecule has 7 aliphatic rings. The van der Waals surface area contributed by atoms with Gasteiger partial charge in [0.25, 0.3) is 26.1 Å². The normalized spacial score (nSPS) is 19.2. The van der Waals surface area contributed by atoms with Crippen molar-refractivity contribution in [3.05, 3.63) is 91.0 Å². The predicted molar refractivity (Wildman–Crippen MR) is 320 cm³/mol. The second-order valence-electron chi connectivity index (χ2n) is 24.7. The summed E-state index contributed by atoms with van der Waals surface area (Å²) in [5.41, 5.74) is 3.13. The largest absolute Gasteiger partial charge is 0.460 e. The van der Waals surface area contributed by atoms with Gasteiger partial charge in [0.1, 0.15) is 34.1 Å². The first-order valence-electron chi connectivity index (χ1n) is 28.9. The maximum atomic E-state index is 15.8. The molecule has 7 heterocycles. The van der Waals surface area contributed by atoms with Crippen molar-refractivity contribution in [2.45, 2.75) is 109 Å². The van der Waals surface area contributed by atoms with Gasteiger partial charge in [-0.25, -0.2) is 0 Å². The second-order valence-corrected chi connectivity index (χ2v) is 28.4. The van der Waals surface area contributed by atoms with Crippen molar-refractivity contribution in [2.24, 2.45) is 0 Å². The van der Waals surface area contributed by atoms with E-state index >= 15 is 4.79 Å². The average Bonchev–Trinajstić information content (AvgIpc) is 1.29. The summed E-state index contributed by atoms with van der Waals surface area (Å²) in [6.07, 6.45) is 6.62. The predicted octanol–water partition coefficient (Wildman–Crippen LogP) is 7.81. The van der Waals surface area contributed by atoms with Crippen molar-refractivity contribution in [3.8, 4) is 11.5 Å². The number of hydrogen-bond acceptors (Lipinski definition) is 16. The molecule has 0 bridgehead atoms. The highest BCUT2D eigenvalue weighted by molar-refractivity contribution is 7.86. The Morgan fingerprint density at radius 1 is 0.655 bits per heavy atom. The van der Waals surface area contributed by atoms with E-state index in [2.05, 4.69) is 14.7 Å². The maximum absolute atomic E-state index is 15.8. The summed E-state index contributed by atoms with van der Waals surface area (Å²) in [5.74, 6) is -1.12. The van der Waals surface area contributed by atoms with Gasteiger partial charge >= 0.3 is 5.97 Å². The molecule has 10 rings (SSSR count). The lowest BCUT2D eigenvalue weighted by Crippen LogP contribution is -2.54. The SMILES string of the molecule is CC(C)(C)OC(=O)CCOCCOCCOCCOCCC(=O)N1CCN(CCN2C(=O)c3c(Cl)ccc(Cl)c3C23c2cc4c5c(c2Oc2c3cc3c6c2CCCN6C(C)(C)C=C3CS(=O)(=O)O)CCCN5C(C)(C)C=C4CS(=O)(=O)O)CC1. The van der Waals surface area contributed by atoms with E-state index in [9.17, 15) is 35.5 Å². The monoisotopic (exact) mass is 1240 g/mol. The number of hydrogen-bond donors (Lipinski definition) is 2. The Labute approximate surface area is 502 Å². The molecule has 3 aromatic carbocycles. The number of anilines is 2. The molecular weight excluding hydrogens is 1170 g/mol. The van der Waals surface area contributed by atoms with Gasteiger partial charge in [-0.3, -0.25) is 28.4 Å². The van der Waals surface area contributed by atoms with Gasteiger partial charge in [0, 0.05) is 96.3 Å². The van der Waals surface area contributed by atoms with Crippen molar-refractivity contribution in [2.75, 3.05) is 127 Å². The molecule has 0 atom stereocenters. The summed E-state index contributed by atoms with van der Waals surface area (Å²) in [6, 6.07) is 7.03. The summed E-state index contributed by atoms with van der Waals surface area (Å²) >= 11 is 14.7. The fraction of sp³-hybridized carbons (Fsp3) is 0.583. The zero-order chi connectivity index (χ0) is 60.3. The molecule has 0 unspecified atom stereocenters. The van der Waals surface area contributed by atoms with Gasteiger partial charge in [-0.15, -0.1) is 0 Å². The van der Waals surface area contributed by atoms with Crippen molar-refractivity contribution in [1.29, 1.82) is 0 Å². The van der Waals surface area contributed by atoms with Crippen LogP contribution in [-0.4, -0.2) is 192 Å². The van der Waals surface area contributed by atoms with Crippen molar-refractivity contribution < 1.29 is 68.7 Å². The van der Waals surface area contributed by atoms with E-state index in [1.54, 1.807) is 17.0 Å². The number of halogens is 2. The topological polar surface area (TPSA) is 232 Å². The fourth-order valence-electron chi connectivity index (χ4n) is 13.5. The Hall–Kier alpha value is -4.85. The zero-order valence-electron chi connectivity index (χ0n) is 48.9. The molecular formula is C60H77Cl2N5O15S2. The summed E-state index contributed by atoms with van der Waals surface area (Å²) in [5, 5.41) is 0.396. The molecule has 0 radical (unpaired) electrons. The fourth-order valence-corrected chi connectivity index (χ4v) is 15.3. The molecule has 1 saturated heterocycles. The zero-order valence-corrected chi connectivity index (χ0v) is 52.1. The maximum Gasteiger partial charge on any atom is 0.308 e. The molecule has 0 saturated carbocycles. The Morgan fingerprint density at radius 3 is 1.60 bits per heavy atom. The minimum absolute atomic E-state index is 0.0468. The quantitative estimate of drug-likeness (QED) is 0.0555. The number of fused-ring (bicyclic) bond motifs is 8. The molecule has 0 aromatic heterocycles. The van der Waals surface area contributed by atoms with Crippen LogP contribution < -0.4 is 14.5 Å². The number of nitrogens with zero attached hydrogens (tertiary/aromatic N) is 5. The highest BCUT2D eigenvalue weighted by Gasteiger charge is 2.60. The minimum Gasteiger partial charge on any atom is -0.460 e. The molecule has 7 aliphatic heterocycles. The van der Waals surface area contributed by atoms with Crippen LogP contribution in [0.15, 0.2) is 36.4 Å². The third kappa shape index (κ3) is 12.5. The van der Waals surface area contributed by atoms with Crippen LogP contribution in [0, 0.1) is 0 Å². The Bertz CT molecular complexity index is 3270. The summed E-state index contributed by atoms with van der Waals surface area (Å²) in [7, 11) is -9.14. The van der Waals surface area contributed by atoms with Gasteiger partial charge in [-0.05, 0) is 110 Å². The van der Waals surface area contributed by atoms with Gasteiger partial charge in [0.15, 0.2) is 0 Å². The number of benzene rings is 3. The lowest BCUT2D eigenvalue weighted by Gasteiger charge is -2.52. The summed E-state index contributed by atoms with van der Waals surface area (Å²) in [4.78, 5) is 51.4. The highest BCUT2D eigenvalue weighted by atomic mass is 35.5. The lowest BCUT2D eigenvalue weighted by atomic mass is 9.69. The molecule has 1 fully saturated rings. The van der Waals surface area contributed by atoms with E-state index in [-0.39, 0.29) is 60.1 Å². The minimum atomic E-state index is -4.57. The van der Waals surface area contributed by atoms with Gasteiger partial charge < -0.3 is 48.0 Å². The number of ether oxygens (including phenoxy) is 6. The molecule has 3 aromatic rings. The molecule has 24 heteroatoms. The molecule has 20 nitrogen and oxygen atoms in total. The first-order valence-corrected chi connectivity index (χ1v) is 32.9. The van der Waals surface area contributed by atoms with Crippen LogP contribution >= 0.6 is 23.2 Å². The van der Waals surface area contributed by atoms with E-state index in [1.807, 2.05) is 77.7 Å². The van der Waals surface area contributed by atoms with Gasteiger partial charge in [0.05, 0.1) is 98.7 Å². The number of rotatable bonds is 22. The van der Waals surface area contributed by atoms with Gasteiger partial charge in [0.2, 0.25) is 5.91 Å². The van der Waals surface area contributed by atoms with Gasteiger partial charge in [-0.2, -0.15) is 16.8 Å². The van der Waals surface area contributed by atoms with E-state index < -0.39 is 59.9 Å². The number of esters is 1. The molecule has 1 spiro atoms. The van der Waals surface area contributed by atoms with Crippen LogP contribution in [0.3, 0.4) is 0 Å². The first-order chi connectivity index (χ1) is 39.6. The van der Waals surface area contributed by atoms with Gasteiger partial charge in [-0.1, -0.05) is 35.4 Å². The van der Waals surface area contributed by atoms with E-state index in [1.165, 1.54) is 0 Å². The number of piperazine rings is 1. The van der Waals surface area contributed by atoms with Crippen molar-refractivity contribution >= 4 is 83.7 Å². The molecule has 2 amide bonds. The van der Waals surface area contributed by atoms with Crippen molar-refractivity contribution in [3.63, 3.8) is 0 Å². The molecule has 458 valence electrons. The summed E-state index contributed by atoms with van der Waals surface area (Å²) < 4.78 is 108. The Morgan fingerprint density at radius 2 is 1.12 bits per heavy atom.